The van der Waals surface area contributed by atoms with E-state index in [0.717, 1.165) is 16.3 Å². The average molecular weight is 334 g/mol. The van der Waals surface area contributed by atoms with Crippen LogP contribution in [0.1, 0.15) is 11.1 Å². The van der Waals surface area contributed by atoms with Gasteiger partial charge >= 0.3 is 5.97 Å². The van der Waals surface area contributed by atoms with Crippen LogP contribution in [0.2, 0.25) is 5.02 Å². The first-order chi connectivity index (χ1) is 11.7. The molecular weight excluding hydrogens is 322 g/mol. The predicted molar refractivity (Wildman–Crippen MR) is 96.0 cm³/mol. The maximum atomic E-state index is 12.1. The van der Waals surface area contributed by atoms with Crippen molar-refractivity contribution in [3.63, 3.8) is 0 Å². The van der Waals surface area contributed by atoms with Gasteiger partial charge in [-0.05, 0) is 46.7 Å². The Morgan fingerprint density at radius 3 is 2.58 bits per heavy atom. The molecule has 3 aromatic carbocycles. The molecule has 24 heavy (non-hydrogen) atoms. The zero-order valence-corrected chi connectivity index (χ0v) is 13.3. The van der Waals surface area contributed by atoms with Gasteiger partial charge in [0, 0.05) is 10.6 Å². The van der Waals surface area contributed by atoms with Gasteiger partial charge in [-0.3, -0.25) is 0 Å². The van der Waals surface area contributed by atoms with E-state index >= 15 is 0 Å². The largest absolute Gasteiger partial charge is 0.402 e. The molecule has 3 aromatic rings. The van der Waals surface area contributed by atoms with Gasteiger partial charge in [0.2, 0.25) is 5.90 Å². The number of rotatable bonds is 2. The summed E-state index contributed by atoms with van der Waals surface area (Å²) in [4.78, 5) is 16.4. The number of hydrogen-bond acceptors (Lipinski definition) is 3. The van der Waals surface area contributed by atoms with Gasteiger partial charge in [0.15, 0.2) is 5.70 Å². The molecule has 0 fully saturated rings. The van der Waals surface area contributed by atoms with Crippen molar-refractivity contribution in [1.29, 1.82) is 0 Å². The molecule has 4 heteroatoms. The van der Waals surface area contributed by atoms with E-state index < -0.39 is 5.97 Å². The summed E-state index contributed by atoms with van der Waals surface area (Å²) in [6.07, 6.45) is 1.73. The average Bonchev–Trinajstić information content (AvgIpc) is 2.96. The number of carbonyl (C=O) groups is 1. The van der Waals surface area contributed by atoms with Crippen molar-refractivity contribution >= 4 is 40.3 Å². The molecule has 1 aliphatic heterocycles. The van der Waals surface area contributed by atoms with Crippen molar-refractivity contribution in [2.75, 3.05) is 0 Å². The number of aliphatic imine (C=N–C) groups is 1. The Hall–Kier alpha value is -2.91. The molecule has 0 saturated carbocycles. The first kappa shape index (κ1) is 14.7. The lowest BCUT2D eigenvalue weighted by Gasteiger charge is -1.99. The molecule has 0 aromatic heterocycles. The Morgan fingerprint density at radius 2 is 1.75 bits per heavy atom. The fourth-order valence-electron chi connectivity index (χ4n) is 2.61. The minimum absolute atomic E-state index is 0.273. The summed E-state index contributed by atoms with van der Waals surface area (Å²) in [5, 5.41) is 2.83. The second-order valence-corrected chi connectivity index (χ2v) is 5.89. The van der Waals surface area contributed by atoms with E-state index in [0.29, 0.717) is 10.6 Å². The van der Waals surface area contributed by atoms with Crippen molar-refractivity contribution in [1.82, 2.24) is 0 Å². The molecule has 116 valence electrons. The van der Waals surface area contributed by atoms with Crippen molar-refractivity contribution in [3.8, 4) is 0 Å². The minimum atomic E-state index is -0.460. The number of halogens is 1. The summed E-state index contributed by atoms with van der Waals surface area (Å²) in [5.74, 6) is -0.187. The van der Waals surface area contributed by atoms with Gasteiger partial charge in [0.25, 0.3) is 0 Å². The molecule has 0 spiro atoms. The Balaban J connectivity index is 1.71. The highest BCUT2D eigenvalue weighted by atomic mass is 35.5. The number of nitrogens with zero attached hydrogens (tertiary/aromatic N) is 1. The molecule has 0 saturated heterocycles. The number of ether oxygens (including phenoxy) is 1. The Bertz CT molecular complexity index is 1020. The van der Waals surface area contributed by atoms with Gasteiger partial charge in [-0.1, -0.05) is 54.1 Å². The SMILES string of the molecule is O=C1OC(c2cccc(Cl)c2)=N/C1=C\c1ccc2ccccc2c1. The van der Waals surface area contributed by atoms with Gasteiger partial charge in [0.05, 0.1) is 0 Å². The van der Waals surface area contributed by atoms with E-state index in [4.69, 9.17) is 16.3 Å². The number of esters is 1. The maximum absolute atomic E-state index is 12.1. The van der Waals surface area contributed by atoms with Crippen LogP contribution in [0.15, 0.2) is 77.4 Å². The molecule has 3 nitrogen and oxygen atoms in total. The number of hydrogen-bond donors (Lipinski definition) is 0. The van der Waals surface area contributed by atoms with Crippen LogP contribution in [0.5, 0.6) is 0 Å². The summed E-state index contributed by atoms with van der Waals surface area (Å²) in [6, 6.07) is 21.1. The van der Waals surface area contributed by atoms with Gasteiger partial charge in [-0.15, -0.1) is 0 Å². The number of cyclic esters (lactones) is 1. The highest BCUT2D eigenvalue weighted by Crippen LogP contribution is 2.22. The quantitative estimate of drug-likeness (QED) is 0.497. The van der Waals surface area contributed by atoms with E-state index in [-0.39, 0.29) is 11.6 Å². The molecule has 0 unspecified atom stereocenters. The number of carbonyl (C=O) groups excluding carboxylic acids is 1. The van der Waals surface area contributed by atoms with Crippen LogP contribution in [0.3, 0.4) is 0 Å². The first-order valence-electron chi connectivity index (χ1n) is 7.46. The van der Waals surface area contributed by atoms with Crippen molar-refractivity contribution < 1.29 is 9.53 Å². The standard InChI is InChI=1S/C20H12ClNO2/c21-17-7-3-6-16(12-17)19-22-18(20(23)24-19)11-13-8-9-14-4-1-2-5-15(14)10-13/h1-12H/b18-11-. The van der Waals surface area contributed by atoms with Gasteiger partial charge < -0.3 is 4.74 Å². The Labute approximate surface area is 143 Å². The molecular formula is C20H12ClNO2. The Kier molecular flexibility index (Phi) is 3.63. The van der Waals surface area contributed by atoms with E-state index in [1.807, 2.05) is 42.5 Å². The zero-order valence-electron chi connectivity index (χ0n) is 12.6. The second kappa shape index (κ2) is 5.95. The second-order valence-electron chi connectivity index (χ2n) is 5.45. The molecule has 0 amide bonds. The molecule has 1 heterocycles. The Morgan fingerprint density at radius 1 is 0.917 bits per heavy atom. The third-order valence-corrected chi connectivity index (χ3v) is 4.00. The molecule has 0 atom stereocenters. The molecule has 4 rings (SSSR count). The van der Waals surface area contributed by atoms with Crippen molar-refractivity contribution in [2.45, 2.75) is 0 Å². The lowest BCUT2D eigenvalue weighted by Crippen LogP contribution is -2.05. The molecule has 0 radical (unpaired) electrons. The van der Waals surface area contributed by atoms with E-state index in [1.165, 1.54) is 0 Å². The number of benzene rings is 3. The summed E-state index contributed by atoms with van der Waals surface area (Å²) >= 11 is 5.97. The van der Waals surface area contributed by atoms with E-state index in [2.05, 4.69) is 4.99 Å². The van der Waals surface area contributed by atoms with Crippen LogP contribution in [-0.4, -0.2) is 11.9 Å². The fourth-order valence-corrected chi connectivity index (χ4v) is 2.80. The topological polar surface area (TPSA) is 38.7 Å². The highest BCUT2D eigenvalue weighted by molar-refractivity contribution is 6.31. The van der Waals surface area contributed by atoms with Crippen LogP contribution in [-0.2, 0) is 9.53 Å². The first-order valence-corrected chi connectivity index (χ1v) is 7.84. The van der Waals surface area contributed by atoms with Crippen LogP contribution in [0, 0.1) is 0 Å². The molecule has 0 aliphatic carbocycles. The van der Waals surface area contributed by atoms with Crippen molar-refractivity contribution in [3.05, 3.63) is 88.6 Å². The molecule has 0 N–H and O–H groups in total. The summed E-state index contributed by atoms with van der Waals surface area (Å²) in [6.45, 7) is 0. The van der Waals surface area contributed by atoms with Gasteiger partial charge in [-0.2, -0.15) is 0 Å². The molecule has 1 aliphatic rings. The predicted octanol–water partition coefficient (Wildman–Crippen LogP) is 4.84. The van der Waals surface area contributed by atoms with Crippen molar-refractivity contribution in [2.24, 2.45) is 4.99 Å². The summed E-state index contributed by atoms with van der Waals surface area (Å²) in [5.41, 5.74) is 1.86. The lowest BCUT2D eigenvalue weighted by molar-refractivity contribution is -0.129. The van der Waals surface area contributed by atoms with E-state index in [9.17, 15) is 4.79 Å². The normalized spacial score (nSPS) is 15.6. The number of fused-ring (bicyclic) bond motifs is 1. The minimum Gasteiger partial charge on any atom is -0.402 e. The summed E-state index contributed by atoms with van der Waals surface area (Å²) in [7, 11) is 0. The molecule has 0 bridgehead atoms. The smallest absolute Gasteiger partial charge is 0.363 e. The zero-order chi connectivity index (χ0) is 16.5. The summed E-state index contributed by atoms with van der Waals surface area (Å²) < 4.78 is 5.26. The lowest BCUT2D eigenvalue weighted by atomic mass is 10.1. The maximum Gasteiger partial charge on any atom is 0.363 e. The van der Waals surface area contributed by atoms with Crippen LogP contribution in [0.25, 0.3) is 16.8 Å². The fraction of sp³-hybridized carbons (Fsp3) is 0. The van der Waals surface area contributed by atoms with Crippen LogP contribution < -0.4 is 0 Å². The third kappa shape index (κ3) is 2.82. The van der Waals surface area contributed by atoms with Gasteiger partial charge in [-0.25, -0.2) is 9.79 Å². The highest BCUT2D eigenvalue weighted by Gasteiger charge is 2.24. The van der Waals surface area contributed by atoms with Crippen LogP contribution in [0.4, 0.5) is 0 Å². The monoisotopic (exact) mass is 333 g/mol. The van der Waals surface area contributed by atoms with E-state index in [1.54, 1.807) is 30.3 Å². The van der Waals surface area contributed by atoms with Crippen LogP contribution >= 0.6 is 11.6 Å². The third-order valence-electron chi connectivity index (χ3n) is 3.77. The van der Waals surface area contributed by atoms with Gasteiger partial charge in [0.1, 0.15) is 0 Å².